The third-order valence-corrected chi connectivity index (χ3v) is 3.54. The summed E-state index contributed by atoms with van der Waals surface area (Å²) in [6, 6.07) is 7.71. The number of nitrogens with zero attached hydrogens (tertiary/aromatic N) is 1. The fourth-order valence-corrected chi connectivity index (χ4v) is 2.29. The second-order valence-electron chi connectivity index (χ2n) is 5.56. The first-order chi connectivity index (χ1) is 11.7. The maximum Gasteiger partial charge on any atom is 0.234 e. The Bertz CT molecular complexity index is 538. The van der Waals surface area contributed by atoms with Gasteiger partial charge in [-0.05, 0) is 37.5 Å². The zero-order valence-electron chi connectivity index (χ0n) is 14.8. The average molecular weight is 332 g/mol. The molecule has 24 heavy (non-hydrogen) atoms. The predicted molar refractivity (Wildman–Crippen MR) is 94.2 cm³/mol. The van der Waals surface area contributed by atoms with E-state index in [0.717, 1.165) is 23.5 Å². The van der Waals surface area contributed by atoms with Crippen LogP contribution in [0.1, 0.15) is 51.5 Å². The van der Waals surface area contributed by atoms with Gasteiger partial charge >= 0.3 is 0 Å². The van der Waals surface area contributed by atoms with Gasteiger partial charge in [0.1, 0.15) is 6.42 Å². The molecule has 0 aliphatic heterocycles. The van der Waals surface area contributed by atoms with Gasteiger partial charge in [-0.15, -0.1) is 0 Å². The van der Waals surface area contributed by atoms with Crippen LogP contribution in [0.3, 0.4) is 0 Å². The van der Waals surface area contributed by atoms with Gasteiger partial charge in [0.2, 0.25) is 5.91 Å². The van der Waals surface area contributed by atoms with Gasteiger partial charge in [-0.25, -0.2) is 0 Å². The molecule has 0 spiro atoms. The summed E-state index contributed by atoms with van der Waals surface area (Å²) in [6.07, 6.45) is 5.26. The fraction of sp³-hybridized carbons (Fsp3) is 0.579. The van der Waals surface area contributed by atoms with E-state index in [1.165, 1.54) is 19.3 Å². The lowest BCUT2D eigenvalue weighted by molar-refractivity contribution is -0.120. The Hall–Kier alpha value is -2.22. The molecule has 0 aromatic heterocycles. The molecule has 0 unspecified atom stereocenters. The van der Waals surface area contributed by atoms with Crippen molar-refractivity contribution in [2.45, 2.75) is 52.4 Å². The van der Waals surface area contributed by atoms with Crippen molar-refractivity contribution < 1.29 is 14.3 Å². The molecule has 1 aromatic carbocycles. The Labute approximate surface area is 145 Å². The number of nitrogens with one attached hydrogen (secondary N) is 1. The van der Waals surface area contributed by atoms with Crippen molar-refractivity contribution in [2.24, 2.45) is 0 Å². The molecule has 132 valence electrons. The molecule has 1 N–H and O–H groups in total. The van der Waals surface area contributed by atoms with E-state index in [-0.39, 0.29) is 12.3 Å². The van der Waals surface area contributed by atoms with E-state index in [0.29, 0.717) is 26.2 Å². The van der Waals surface area contributed by atoms with Crippen LogP contribution in [0.5, 0.6) is 11.5 Å². The maximum atomic E-state index is 11.3. The smallest absolute Gasteiger partial charge is 0.234 e. The van der Waals surface area contributed by atoms with Crippen LogP contribution in [0.2, 0.25) is 0 Å². The first-order valence-electron chi connectivity index (χ1n) is 8.73. The van der Waals surface area contributed by atoms with Crippen molar-refractivity contribution in [3.63, 3.8) is 0 Å². The van der Waals surface area contributed by atoms with E-state index in [2.05, 4.69) is 12.2 Å². The Morgan fingerprint density at radius 3 is 2.71 bits per heavy atom. The van der Waals surface area contributed by atoms with Crippen LogP contribution in [-0.2, 0) is 11.2 Å². The van der Waals surface area contributed by atoms with E-state index in [9.17, 15) is 4.79 Å². The third kappa shape index (κ3) is 7.87. The minimum absolute atomic E-state index is 0.102. The Kier molecular flexibility index (Phi) is 10.1. The van der Waals surface area contributed by atoms with Gasteiger partial charge in [0, 0.05) is 6.54 Å². The lowest BCUT2D eigenvalue weighted by Crippen LogP contribution is -2.24. The molecule has 0 aliphatic carbocycles. The summed E-state index contributed by atoms with van der Waals surface area (Å²) in [4.78, 5) is 11.3. The highest BCUT2D eigenvalue weighted by atomic mass is 16.5. The van der Waals surface area contributed by atoms with Crippen molar-refractivity contribution in [1.82, 2.24) is 5.32 Å². The number of amides is 1. The Balaban J connectivity index is 2.52. The first kappa shape index (κ1) is 19.8. The largest absolute Gasteiger partial charge is 0.490 e. The van der Waals surface area contributed by atoms with Crippen LogP contribution in [-0.4, -0.2) is 25.7 Å². The first-order valence-corrected chi connectivity index (χ1v) is 8.73. The van der Waals surface area contributed by atoms with Crippen molar-refractivity contribution in [3.8, 4) is 17.6 Å². The summed E-state index contributed by atoms with van der Waals surface area (Å²) in [7, 11) is 0. The molecule has 0 saturated heterocycles. The van der Waals surface area contributed by atoms with Crippen LogP contribution >= 0.6 is 0 Å². The number of benzene rings is 1. The molecule has 0 fully saturated rings. The number of carbonyl (C=O) groups excluding carboxylic acids is 1. The van der Waals surface area contributed by atoms with Gasteiger partial charge in [0.25, 0.3) is 0 Å². The van der Waals surface area contributed by atoms with Gasteiger partial charge in [-0.3, -0.25) is 4.79 Å². The number of hydrogen-bond acceptors (Lipinski definition) is 4. The summed E-state index contributed by atoms with van der Waals surface area (Å²) < 4.78 is 11.5. The fourth-order valence-electron chi connectivity index (χ4n) is 2.29. The number of hydrogen-bond donors (Lipinski definition) is 1. The Morgan fingerprint density at radius 1 is 1.17 bits per heavy atom. The molecule has 0 radical (unpaired) electrons. The standard InChI is InChI=1S/C19H28N2O3/c1-3-5-6-7-14-24-17-9-8-16(15-18(17)23-4-2)11-13-21-19(22)10-12-20/h8-9,15H,3-7,10-11,13-14H2,1-2H3,(H,21,22). The number of carbonyl (C=O) groups is 1. The molecule has 5 heteroatoms. The predicted octanol–water partition coefficient (Wildman–Crippen LogP) is 3.62. The van der Waals surface area contributed by atoms with Crippen molar-refractivity contribution in [3.05, 3.63) is 23.8 Å². The normalized spacial score (nSPS) is 10.0. The molecule has 1 amide bonds. The topological polar surface area (TPSA) is 71.3 Å². The van der Waals surface area contributed by atoms with E-state index in [4.69, 9.17) is 14.7 Å². The van der Waals surface area contributed by atoms with Gasteiger partial charge in [0.05, 0.1) is 19.3 Å². The zero-order valence-corrected chi connectivity index (χ0v) is 14.8. The number of nitriles is 1. The molecule has 0 aliphatic rings. The highest BCUT2D eigenvalue weighted by molar-refractivity contribution is 5.77. The maximum absolute atomic E-state index is 11.3. The number of unbranched alkanes of at least 4 members (excludes halogenated alkanes) is 3. The summed E-state index contributed by atoms with van der Waals surface area (Å²) >= 11 is 0. The highest BCUT2D eigenvalue weighted by Gasteiger charge is 2.07. The lowest BCUT2D eigenvalue weighted by atomic mass is 10.1. The van der Waals surface area contributed by atoms with Crippen molar-refractivity contribution in [2.75, 3.05) is 19.8 Å². The van der Waals surface area contributed by atoms with Gasteiger partial charge < -0.3 is 14.8 Å². The molecular weight excluding hydrogens is 304 g/mol. The second-order valence-corrected chi connectivity index (χ2v) is 5.56. The molecule has 0 heterocycles. The third-order valence-electron chi connectivity index (χ3n) is 3.54. The molecule has 0 saturated carbocycles. The molecule has 0 bridgehead atoms. The summed E-state index contributed by atoms with van der Waals surface area (Å²) in [5.41, 5.74) is 1.06. The average Bonchev–Trinajstić information content (AvgIpc) is 2.57. The van der Waals surface area contributed by atoms with E-state index >= 15 is 0 Å². The van der Waals surface area contributed by atoms with Crippen molar-refractivity contribution in [1.29, 1.82) is 5.26 Å². The quantitative estimate of drug-likeness (QED) is 0.593. The molecule has 0 atom stereocenters. The SMILES string of the molecule is CCCCCCOc1ccc(CCNC(=O)CC#N)cc1OCC. The van der Waals surface area contributed by atoms with E-state index in [1.54, 1.807) is 0 Å². The second kappa shape index (κ2) is 12.2. The Morgan fingerprint density at radius 2 is 2.00 bits per heavy atom. The summed E-state index contributed by atoms with van der Waals surface area (Å²) in [5, 5.41) is 11.2. The van der Waals surface area contributed by atoms with Crippen molar-refractivity contribution >= 4 is 5.91 Å². The summed E-state index contributed by atoms with van der Waals surface area (Å²) in [6.45, 7) is 5.91. The van der Waals surface area contributed by atoms with Crippen LogP contribution in [0, 0.1) is 11.3 Å². The molecule has 5 nitrogen and oxygen atoms in total. The van der Waals surface area contributed by atoms with E-state index < -0.39 is 0 Å². The lowest BCUT2D eigenvalue weighted by Gasteiger charge is -2.13. The van der Waals surface area contributed by atoms with Gasteiger partial charge in [0.15, 0.2) is 11.5 Å². The molecule has 1 rings (SSSR count). The van der Waals surface area contributed by atoms with Crippen LogP contribution in [0.15, 0.2) is 18.2 Å². The van der Waals surface area contributed by atoms with Crippen LogP contribution < -0.4 is 14.8 Å². The van der Waals surface area contributed by atoms with Crippen LogP contribution in [0.4, 0.5) is 0 Å². The van der Waals surface area contributed by atoms with E-state index in [1.807, 2.05) is 31.2 Å². The number of rotatable bonds is 12. The zero-order chi connectivity index (χ0) is 17.6. The number of ether oxygens (including phenoxy) is 2. The monoisotopic (exact) mass is 332 g/mol. The highest BCUT2D eigenvalue weighted by Crippen LogP contribution is 2.29. The summed E-state index contributed by atoms with van der Waals surface area (Å²) in [5.74, 6) is 1.27. The molecular formula is C19H28N2O3. The van der Waals surface area contributed by atoms with Gasteiger partial charge in [-0.2, -0.15) is 5.26 Å². The molecule has 1 aromatic rings. The van der Waals surface area contributed by atoms with Crippen LogP contribution in [0.25, 0.3) is 0 Å². The minimum Gasteiger partial charge on any atom is -0.490 e. The van der Waals surface area contributed by atoms with Gasteiger partial charge in [-0.1, -0.05) is 32.3 Å². The minimum atomic E-state index is -0.241.